The van der Waals surface area contributed by atoms with Crippen LogP contribution in [-0.4, -0.2) is 15.3 Å². The molecule has 0 amide bonds. The summed E-state index contributed by atoms with van der Waals surface area (Å²) in [7, 11) is 0. The van der Waals surface area contributed by atoms with Gasteiger partial charge >= 0.3 is 36.2 Å². The van der Waals surface area contributed by atoms with Crippen LogP contribution in [0.4, 0.5) is 0 Å². The van der Waals surface area contributed by atoms with Crippen molar-refractivity contribution in [3.8, 4) is 0 Å². The Labute approximate surface area is 42.4 Å². The summed E-state index contributed by atoms with van der Waals surface area (Å²) in [4.78, 5) is 15.1. The van der Waals surface area contributed by atoms with Crippen molar-refractivity contribution < 1.29 is 35.4 Å². The van der Waals surface area contributed by atoms with E-state index in [-0.39, 0.29) is 5.48 Å². The normalized spacial score (nSPS) is 9.83. The fourth-order valence-corrected chi connectivity index (χ4v) is 0. The average molecular weight is 154 g/mol. The van der Waals surface area contributed by atoms with Gasteiger partial charge in [-0.3, -0.25) is 0 Å². The summed E-state index contributed by atoms with van der Waals surface area (Å²) in [6.07, 6.45) is -3.83. The van der Waals surface area contributed by atoms with Crippen LogP contribution in [0.25, 0.3) is 0 Å². The fraction of sp³-hybridized carbons (Fsp3) is 0. The first kappa shape index (κ1) is 9.80. The molecule has 0 radical (unpaired) electrons. The Morgan fingerprint density at radius 3 is 1.50 bits per heavy atom. The molecule has 4 nitrogen and oxygen atoms in total. The topological polar surface area (TPSA) is 89.0 Å². The van der Waals surface area contributed by atoms with E-state index in [2.05, 4.69) is 0 Å². The second-order valence-electron chi connectivity index (χ2n) is 0.473. The van der Waals surface area contributed by atoms with E-state index in [0.717, 1.165) is 0 Å². The van der Waals surface area contributed by atoms with Crippen molar-refractivity contribution in [2.75, 3.05) is 0 Å². The Bertz CT molecular complexity index is 53.7. The standard InChI is InChI=1S/Mn.HO3P.H2O/c;1-4(2)3;/h;(H-,1,2,3);1H2/q-1;;/p+1. The molecule has 0 rings (SSSR count). The van der Waals surface area contributed by atoms with Crippen LogP contribution in [0.3, 0.4) is 0 Å². The van der Waals surface area contributed by atoms with Crippen LogP contribution in [0.2, 0.25) is 0 Å². The van der Waals surface area contributed by atoms with Gasteiger partial charge < -0.3 is 5.48 Å². The molecule has 40 valence electrons. The van der Waals surface area contributed by atoms with Crippen molar-refractivity contribution in [2.24, 2.45) is 0 Å². The predicted molar refractivity (Wildman–Crippen MR) is 15.7 cm³/mol. The molecule has 6 heteroatoms. The SMILES string of the molecule is O.O=[P](O)(O)[Mn]. The van der Waals surface area contributed by atoms with Gasteiger partial charge in [0, 0.05) is 0 Å². The molecule has 0 aromatic heterocycles. The first-order valence-electron chi connectivity index (χ1n) is 0.752. The van der Waals surface area contributed by atoms with Crippen molar-refractivity contribution in [1.82, 2.24) is 0 Å². The predicted octanol–water partition coefficient (Wildman–Crippen LogP) is -1.20. The zero-order chi connectivity index (χ0) is 4.50. The van der Waals surface area contributed by atoms with Gasteiger partial charge in [-0.05, 0) is 0 Å². The van der Waals surface area contributed by atoms with E-state index in [9.17, 15) is 4.57 Å². The molecule has 0 aromatic carbocycles. The molecule has 0 fully saturated rings. The van der Waals surface area contributed by atoms with Gasteiger partial charge in [0.05, 0.1) is 0 Å². The van der Waals surface area contributed by atoms with Crippen LogP contribution in [0, 0.1) is 0 Å². The third kappa shape index (κ3) is 154. The van der Waals surface area contributed by atoms with E-state index in [1.807, 2.05) is 15.6 Å². The van der Waals surface area contributed by atoms with Gasteiger partial charge in [0.2, 0.25) is 0 Å². The molecule has 0 aliphatic rings. The minimum absolute atomic E-state index is 0. The van der Waals surface area contributed by atoms with Crippen LogP contribution in [-0.2, 0) is 20.1 Å². The van der Waals surface area contributed by atoms with Gasteiger partial charge in [0.25, 0.3) is 0 Å². The summed E-state index contributed by atoms with van der Waals surface area (Å²) in [5.74, 6) is 0. The van der Waals surface area contributed by atoms with Crippen LogP contribution >= 0.6 is 6.29 Å². The molecule has 0 spiro atoms. The molecule has 0 heterocycles. The first-order valence-corrected chi connectivity index (χ1v) is 3.84. The van der Waals surface area contributed by atoms with E-state index in [1.54, 1.807) is 0 Å². The zero-order valence-corrected chi connectivity index (χ0v) is 4.70. The summed E-state index contributed by atoms with van der Waals surface area (Å²) in [5, 5.41) is 0. The van der Waals surface area contributed by atoms with Crippen molar-refractivity contribution in [1.29, 1.82) is 0 Å². The number of rotatable bonds is 0. The van der Waals surface area contributed by atoms with E-state index < -0.39 is 6.29 Å². The molecule has 0 aliphatic heterocycles. The molecule has 0 bridgehead atoms. The third-order valence-corrected chi connectivity index (χ3v) is 0. The van der Waals surface area contributed by atoms with Gasteiger partial charge in [-0.2, -0.15) is 0 Å². The zero-order valence-electron chi connectivity index (χ0n) is 2.63. The molecule has 0 atom stereocenters. The van der Waals surface area contributed by atoms with Gasteiger partial charge in [-0.1, -0.05) is 0 Å². The van der Waals surface area contributed by atoms with Crippen molar-refractivity contribution in [3.05, 3.63) is 0 Å². The van der Waals surface area contributed by atoms with Crippen LogP contribution in [0.15, 0.2) is 0 Å². The molecule has 0 saturated heterocycles. The monoisotopic (exact) mass is 154 g/mol. The van der Waals surface area contributed by atoms with E-state index >= 15 is 0 Å². The quantitative estimate of drug-likeness (QED) is 0.339. The van der Waals surface area contributed by atoms with Crippen molar-refractivity contribution in [2.45, 2.75) is 0 Å². The van der Waals surface area contributed by atoms with Gasteiger partial charge in [0.1, 0.15) is 0 Å². The minimum atomic E-state index is -3.83. The molecule has 0 unspecified atom stereocenters. The molecule has 0 aliphatic carbocycles. The summed E-state index contributed by atoms with van der Waals surface area (Å²) in [5.41, 5.74) is 0. The summed E-state index contributed by atoms with van der Waals surface area (Å²) in [6, 6.07) is 0. The second-order valence-corrected chi connectivity index (χ2v) is 3.48. The van der Waals surface area contributed by atoms with E-state index in [0.29, 0.717) is 0 Å². The summed E-state index contributed by atoms with van der Waals surface area (Å²) >= 11 is 2.04. The van der Waals surface area contributed by atoms with E-state index in [1.165, 1.54) is 0 Å². The maximum absolute atomic E-state index is 9.24. The van der Waals surface area contributed by atoms with Crippen molar-refractivity contribution >= 4 is 6.29 Å². The van der Waals surface area contributed by atoms with Gasteiger partial charge in [0.15, 0.2) is 0 Å². The Balaban J connectivity index is 0. The average Bonchev–Trinajstić information content (AvgIpc) is 0.722. The molecular weight excluding hydrogens is 150 g/mol. The van der Waals surface area contributed by atoms with Crippen LogP contribution in [0.5, 0.6) is 0 Å². The summed E-state index contributed by atoms with van der Waals surface area (Å²) in [6.45, 7) is 0. The third-order valence-electron chi connectivity index (χ3n) is 0. The van der Waals surface area contributed by atoms with Crippen LogP contribution in [0.1, 0.15) is 0 Å². The molecular formula is H4MnO4P. The number of hydrogen-bond donors (Lipinski definition) is 2. The van der Waals surface area contributed by atoms with Crippen molar-refractivity contribution in [3.63, 3.8) is 0 Å². The first-order chi connectivity index (χ1) is 2.00. The fourth-order valence-electron chi connectivity index (χ4n) is 0. The number of hydrogen-bond acceptors (Lipinski definition) is 1. The second kappa shape index (κ2) is 2.75. The molecule has 4 N–H and O–H groups in total. The Morgan fingerprint density at radius 1 is 1.50 bits per heavy atom. The maximum atomic E-state index is 9.24. The van der Waals surface area contributed by atoms with E-state index in [4.69, 9.17) is 9.79 Å². The van der Waals surface area contributed by atoms with Gasteiger partial charge in [-0.25, -0.2) is 0 Å². The van der Waals surface area contributed by atoms with Crippen LogP contribution < -0.4 is 0 Å². The summed E-state index contributed by atoms with van der Waals surface area (Å²) < 4.78 is 9.24. The molecule has 0 saturated carbocycles. The molecule has 6 heavy (non-hydrogen) atoms. The Morgan fingerprint density at radius 2 is 1.50 bits per heavy atom. The molecule has 0 aromatic rings. The Hall–Kier alpha value is 0.629. The Kier molecular flexibility index (Phi) is 4.49. The van der Waals surface area contributed by atoms with Gasteiger partial charge in [-0.15, -0.1) is 0 Å².